The zero-order valence-electron chi connectivity index (χ0n) is 15.1. The predicted molar refractivity (Wildman–Crippen MR) is 100 cm³/mol. The second-order valence-corrected chi connectivity index (χ2v) is 6.14. The predicted octanol–water partition coefficient (Wildman–Crippen LogP) is 2.14. The maximum absolute atomic E-state index is 13.0. The lowest BCUT2D eigenvalue weighted by atomic mass is 9.88. The highest BCUT2D eigenvalue weighted by Crippen LogP contribution is 2.43. The summed E-state index contributed by atoms with van der Waals surface area (Å²) in [6.07, 6.45) is 4.92. The van der Waals surface area contributed by atoms with E-state index >= 15 is 0 Å². The van der Waals surface area contributed by atoms with Crippen molar-refractivity contribution in [3.05, 3.63) is 53.6 Å². The van der Waals surface area contributed by atoms with E-state index in [0.29, 0.717) is 22.7 Å². The highest BCUT2D eigenvalue weighted by molar-refractivity contribution is 6.11. The van der Waals surface area contributed by atoms with Crippen LogP contribution in [0.5, 0.6) is 11.5 Å². The summed E-state index contributed by atoms with van der Waals surface area (Å²) in [5.41, 5.74) is -0.890. The van der Waals surface area contributed by atoms with Gasteiger partial charge in [-0.25, -0.2) is 0 Å². The van der Waals surface area contributed by atoms with Gasteiger partial charge < -0.3 is 14.6 Å². The molecule has 0 saturated carbocycles. The van der Waals surface area contributed by atoms with Crippen molar-refractivity contribution in [1.82, 2.24) is 0 Å². The van der Waals surface area contributed by atoms with Crippen LogP contribution >= 0.6 is 0 Å². The summed E-state index contributed by atoms with van der Waals surface area (Å²) in [5.74, 6) is 2.16. The molecule has 0 saturated heterocycles. The van der Waals surface area contributed by atoms with Crippen molar-refractivity contribution >= 4 is 17.4 Å². The Morgan fingerprint density at radius 1 is 1.22 bits per heavy atom. The van der Waals surface area contributed by atoms with Gasteiger partial charge in [0.15, 0.2) is 11.4 Å². The lowest BCUT2D eigenvalue weighted by molar-refractivity contribution is -0.135. The van der Waals surface area contributed by atoms with Crippen LogP contribution in [0.15, 0.2) is 42.5 Å². The Morgan fingerprint density at radius 3 is 2.63 bits per heavy atom. The van der Waals surface area contributed by atoms with Crippen LogP contribution in [0.4, 0.5) is 5.69 Å². The molecule has 6 nitrogen and oxygen atoms in total. The van der Waals surface area contributed by atoms with E-state index in [4.69, 9.17) is 15.9 Å². The number of ketones is 1. The van der Waals surface area contributed by atoms with Gasteiger partial charge in [-0.3, -0.25) is 14.5 Å². The van der Waals surface area contributed by atoms with Gasteiger partial charge in [-0.05, 0) is 24.3 Å². The summed E-state index contributed by atoms with van der Waals surface area (Å²) >= 11 is 0. The molecule has 0 bridgehead atoms. The van der Waals surface area contributed by atoms with Gasteiger partial charge in [0.05, 0.1) is 38.4 Å². The van der Waals surface area contributed by atoms with Crippen LogP contribution in [0.3, 0.4) is 0 Å². The Balaban J connectivity index is 2.01. The topological polar surface area (TPSA) is 76.1 Å². The summed E-state index contributed by atoms with van der Waals surface area (Å²) in [7, 11) is 2.93. The first kappa shape index (κ1) is 18.5. The van der Waals surface area contributed by atoms with Gasteiger partial charge in [0.1, 0.15) is 11.5 Å². The highest BCUT2D eigenvalue weighted by atomic mass is 16.5. The molecule has 0 aromatic heterocycles. The second kappa shape index (κ2) is 7.14. The number of hydrogen-bond donors (Lipinski definition) is 1. The molecule has 1 N–H and O–H groups in total. The number of rotatable bonds is 6. The molecule has 0 spiro atoms. The maximum atomic E-state index is 13.0. The third kappa shape index (κ3) is 3.03. The van der Waals surface area contributed by atoms with Gasteiger partial charge in [0, 0.05) is 5.56 Å². The lowest BCUT2D eigenvalue weighted by Gasteiger charge is -2.22. The second-order valence-electron chi connectivity index (χ2n) is 6.14. The van der Waals surface area contributed by atoms with Crippen LogP contribution in [0, 0.1) is 12.3 Å². The van der Waals surface area contributed by atoms with Crippen molar-refractivity contribution in [1.29, 1.82) is 0 Å². The number of methoxy groups -OCH3 is 2. The molecule has 1 aliphatic rings. The number of benzene rings is 2. The van der Waals surface area contributed by atoms with E-state index in [1.165, 1.54) is 25.2 Å². The van der Waals surface area contributed by atoms with Crippen molar-refractivity contribution in [3.8, 4) is 23.8 Å². The Kier molecular flexibility index (Phi) is 4.89. The van der Waals surface area contributed by atoms with Crippen molar-refractivity contribution in [2.75, 3.05) is 25.7 Å². The van der Waals surface area contributed by atoms with Gasteiger partial charge >= 0.3 is 0 Å². The summed E-state index contributed by atoms with van der Waals surface area (Å²) < 4.78 is 10.4. The van der Waals surface area contributed by atoms with Gasteiger partial charge in [0.25, 0.3) is 5.91 Å². The normalized spacial score (nSPS) is 18.0. The van der Waals surface area contributed by atoms with E-state index in [2.05, 4.69) is 5.92 Å². The number of ether oxygens (including phenoxy) is 2. The van der Waals surface area contributed by atoms with Crippen molar-refractivity contribution in [3.63, 3.8) is 0 Å². The molecule has 2 aromatic rings. The van der Waals surface area contributed by atoms with Crippen molar-refractivity contribution in [2.24, 2.45) is 0 Å². The number of carbonyl (C=O) groups excluding carboxylic acids is 2. The number of aliphatic hydroxyl groups is 1. The number of para-hydroxylation sites is 1. The van der Waals surface area contributed by atoms with Gasteiger partial charge in [-0.2, -0.15) is 0 Å². The largest absolute Gasteiger partial charge is 0.497 e. The minimum Gasteiger partial charge on any atom is -0.497 e. The van der Waals surface area contributed by atoms with Crippen LogP contribution in [-0.2, 0) is 10.4 Å². The minimum absolute atomic E-state index is 0.00876. The molecule has 138 valence electrons. The number of amides is 1. The fraction of sp³-hybridized carbons (Fsp3) is 0.238. The van der Waals surface area contributed by atoms with Crippen LogP contribution < -0.4 is 14.4 Å². The van der Waals surface area contributed by atoms with Crippen LogP contribution in [0.2, 0.25) is 0 Å². The van der Waals surface area contributed by atoms with Crippen LogP contribution in [0.1, 0.15) is 22.3 Å². The minimum atomic E-state index is -1.99. The lowest BCUT2D eigenvalue weighted by Crippen LogP contribution is -2.42. The molecule has 1 atom stereocenters. The average Bonchev–Trinajstić information content (AvgIpc) is 2.90. The van der Waals surface area contributed by atoms with E-state index in [0.717, 1.165) is 0 Å². The SMILES string of the molecule is C#CCN1C(=O)[C@](O)(CC(=O)c2cc(OC)ccc2OC)c2ccccc21. The molecule has 0 fully saturated rings. The van der Waals surface area contributed by atoms with Crippen LogP contribution in [-0.4, -0.2) is 37.6 Å². The molecular formula is C21H19NO5. The number of terminal acetylenes is 1. The van der Waals surface area contributed by atoms with E-state index in [9.17, 15) is 14.7 Å². The first-order valence-corrected chi connectivity index (χ1v) is 8.28. The highest BCUT2D eigenvalue weighted by Gasteiger charge is 2.50. The number of Topliss-reactive ketones (excluding diaryl/α,β-unsaturated/α-hetero) is 1. The Labute approximate surface area is 157 Å². The Hall–Kier alpha value is -3.30. The molecular weight excluding hydrogens is 346 g/mol. The smallest absolute Gasteiger partial charge is 0.265 e. The summed E-state index contributed by atoms with van der Waals surface area (Å²) in [6, 6.07) is 11.6. The average molecular weight is 365 g/mol. The van der Waals surface area contributed by atoms with Gasteiger partial charge in [0.2, 0.25) is 0 Å². The molecule has 0 aliphatic carbocycles. The molecule has 0 radical (unpaired) electrons. The molecule has 0 unspecified atom stereocenters. The zero-order valence-corrected chi connectivity index (χ0v) is 15.1. The number of hydrogen-bond acceptors (Lipinski definition) is 5. The number of anilines is 1. The summed E-state index contributed by atoms with van der Waals surface area (Å²) in [5, 5.41) is 11.2. The molecule has 1 amide bonds. The fourth-order valence-corrected chi connectivity index (χ4v) is 3.29. The zero-order chi connectivity index (χ0) is 19.6. The Morgan fingerprint density at radius 2 is 1.96 bits per heavy atom. The maximum Gasteiger partial charge on any atom is 0.265 e. The number of fused-ring (bicyclic) bond motifs is 1. The molecule has 1 heterocycles. The first-order chi connectivity index (χ1) is 13.0. The van der Waals surface area contributed by atoms with Crippen LogP contribution in [0.25, 0.3) is 0 Å². The summed E-state index contributed by atoms with van der Waals surface area (Å²) in [6.45, 7) is 0.00876. The first-order valence-electron chi connectivity index (χ1n) is 8.28. The monoisotopic (exact) mass is 365 g/mol. The van der Waals surface area contributed by atoms with E-state index in [1.54, 1.807) is 36.4 Å². The van der Waals surface area contributed by atoms with Gasteiger partial charge in [-0.15, -0.1) is 6.42 Å². The molecule has 27 heavy (non-hydrogen) atoms. The van der Waals surface area contributed by atoms with E-state index in [1.807, 2.05) is 0 Å². The third-order valence-electron chi connectivity index (χ3n) is 4.61. The van der Waals surface area contributed by atoms with Gasteiger partial charge in [-0.1, -0.05) is 24.1 Å². The molecule has 3 rings (SSSR count). The van der Waals surface area contributed by atoms with E-state index < -0.39 is 23.7 Å². The molecule has 6 heteroatoms. The van der Waals surface area contributed by atoms with Crippen molar-refractivity contribution in [2.45, 2.75) is 12.0 Å². The fourth-order valence-electron chi connectivity index (χ4n) is 3.29. The van der Waals surface area contributed by atoms with E-state index in [-0.39, 0.29) is 12.1 Å². The quantitative estimate of drug-likeness (QED) is 0.627. The number of nitrogens with zero attached hydrogens (tertiary/aromatic N) is 1. The standard InChI is InChI=1S/C21H19NO5/c1-4-11-22-17-8-6-5-7-16(17)21(25,20(22)24)13-18(23)15-12-14(26-2)9-10-19(15)27-3/h1,5-10,12,25H,11,13H2,2-3H3/t21-/m0/s1. The van der Waals surface area contributed by atoms with Crippen molar-refractivity contribution < 1.29 is 24.2 Å². The Bertz CT molecular complexity index is 946. The molecule has 1 aliphatic heterocycles. The summed E-state index contributed by atoms with van der Waals surface area (Å²) in [4.78, 5) is 27.2. The number of carbonyl (C=O) groups is 2. The third-order valence-corrected chi connectivity index (χ3v) is 4.61. The molecule has 2 aromatic carbocycles.